The molecule has 1 aliphatic rings. The number of sulfonamides is 1. The van der Waals surface area contributed by atoms with E-state index in [9.17, 15) is 8.42 Å². The van der Waals surface area contributed by atoms with Gasteiger partial charge in [0.15, 0.2) is 0 Å². The van der Waals surface area contributed by atoms with Crippen LogP contribution in [0.3, 0.4) is 0 Å². The lowest BCUT2D eigenvalue weighted by molar-refractivity contribution is 0.0121. The first-order chi connectivity index (χ1) is 16.5. The first-order valence-corrected chi connectivity index (χ1v) is 13.7. The van der Waals surface area contributed by atoms with Gasteiger partial charge in [-0.05, 0) is 72.0 Å². The molecule has 0 radical (unpaired) electrons. The van der Waals surface area contributed by atoms with Crippen LogP contribution >= 0.6 is 15.9 Å². The molecule has 0 spiro atoms. The Kier molecular flexibility index (Phi) is 8.79. The second-order valence-electron chi connectivity index (χ2n) is 8.43. The summed E-state index contributed by atoms with van der Waals surface area (Å²) in [6.07, 6.45) is 4.26. The first-order valence-electron chi connectivity index (χ1n) is 11.5. The summed E-state index contributed by atoms with van der Waals surface area (Å²) in [6.45, 7) is 3.36. The van der Waals surface area contributed by atoms with Crippen molar-refractivity contribution < 1.29 is 22.3 Å². The van der Waals surface area contributed by atoms with Crippen molar-refractivity contribution in [3.63, 3.8) is 0 Å². The molecule has 0 bridgehead atoms. The number of hydrogen-bond acceptors (Lipinski definition) is 6. The number of para-hydroxylation sites is 1. The Morgan fingerprint density at radius 1 is 1.09 bits per heavy atom. The highest BCUT2D eigenvalue weighted by Gasteiger charge is 2.35. The van der Waals surface area contributed by atoms with Crippen LogP contribution in [0.15, 0.2) is 68.6 Å². The maximum Gasteiger partial charge on any atom is 0.246 e. The average molecular weight is 552 g/mol. The van der Waals surface area contributed by atoms with Crippen LogP contribution in [0, 0.1) is 0 Å². The van der Waals surface area contributed by atoms with Crippen LogP contribution < -0.4 is 0 Å². The van der Waals surface area contributed by atoms with Crippen LogP contribution in [0.4, 0.5) is 0 Å². The third-order valence-corrected chi connectivity index (χ3v) is 9.18. The minimum absolute atomic E-state index is 0.0126. The van der Waals surface area contributed by atoms with Gasteiger partial charge in [0.2, 0.25) is 10.0 Å². The number of fused-ring (bicyclic) bond motifs is 1. The number of halogens is 1. The van der Waals surface area contributed by atoms with Crippen molar-refractivity contribution in [2.75, 3.05) is 46.7 Å². The zero-order valence-corrected chi connectivity index (χ0v) is 21.8. The van der Waals surface area contributed by atoms with Crippen molar-refractivity contribution in [3.05, 3.63) is 64.8 Å². The Labute approximate surface area is 209 Å². The summed E-state index contributed by atoms with van der Waals surface area (Å²) < 4.78 is 45.6. The van der Waals surface area contributed by atoms with Crippen molar-refractivity contribution >= 4 is 36.9 Å². The normalized spacial score (nSPS) is 16.0. The van der Waals surface area contributed by atoms with Crippen LogP contribution in [0.1, 0.15) is 18.4 Å². The molecular formula is C25H31BrN2O5S. The van der Waals surface area contributed by atoms with E-state index < -0.39 is 10.0 Å². The van der Waals surface area contributed by atoms with E-state index in [1.807, 2.05) is 30.5 Å². The third kappa shape index (κ3) is 5.90. The average Bonchev–Trinajstić information content (AvgIpc) is 3.26. The van der Waals surface area contributed by atoms with Gasteiger partial charge in [0.05, 0.1) is 24.4 Å². The van der Waals surface area contributed by atoms with Crippen LogP contribution in [0.2, 0.25) is 0 Å². The molecule has 3 aromatic rings. The monoisotopic (exact) mass is 550 g/mol. The molecule has 1 saturated heterocycles. The molecule has 9 heteroatoms. The Bertz CT molecular complexity index is 1170. The molecule has 34 heavy (non-hydrogen) atoms. The number of benzene rings is 2. The van der Waals surface area contributed by atoms with Gasteiger partial charge in [0.25, 0.3) is 0 Å². The molecule has 184 valence electrons. The molecule has 0 amide bonds. The number of piperidine rings is 1. The molecule has 0 saturated carbocycles. The summed E-state index contributed by atoms with van der Waals surface area (Å²) in [5, 5.41) is 1.16. The van der Waals surface area contributed by atoms with Gasteiger partial charge in [-0.3, -0.25) is 0 Å². The Morgan fingerprint density at radius 2 is 1.82 bits per heavy atom. The van der Waals surface area contributed by atoms with E-state index in [-0.39, 0.29) is 17.7 Å². The predicted octanol–water partition coefficient (Wildman–Crippen LogP) is 4.51. The maximum atomic E-state index is 13.6. The highest BCUT2D eigenvalue weighted by atomic mass is 79.9. The Balaban J connectivity index is 1.40. The summed E-state index contributed by atoms with van der Waals surface area (Å²) in [6, 6.07) is 14.9. The fourth-order valence-corrected chi connectivity index (χ4v) is 6.92. The van der Waals surface area contributed by atoms with Crippen molar-refractivity contribution in [1.82, 2.24) is 9.21 Å². The first kappa shape index (κ1) is 25.3. The quantitative estimate of drug-likeness (QED) is 0.258. The highest BCUT2D eigenvalue weighted by Crippen LogP contribution is 2.29. The highest BCUT2D eigenvalue weighted by molar-refractivity contribution is 9.10. The lowest BCUT2D eigenvalue weighted by Crippen LogP contribution is -2.48. The van der Waals surface area contributed by atoms with Gasteiger partial charge in [-0.15, -0.1) is 0 Å². The molecule has 2 aromatic carbocycles. The molecule has 0 aliphatic carbocycles. The molecule has 1 aliphatic heterocycles. The Morgan fingerprint density at radius 3 is 2.59 bits per heavy atom. The number of furan rings is 1. The standard InChI is InChI=1S/C25H31BrN2O5S/c1-31-16-17-32-19-28(34(29,30)25-9-5-3-7-23(25)26)21-11-14-27(15-12-21)13-10-20-18-33-24-8-4-2-6-22(20)24/h2-9,18,21H,10-17,19H2,1H3. The topological polar surface area (TPSA) is 72.2 Å². The van der Waals surface area contributed by atoms with Gasteiger partial charge >= 0.3 is 0 Å². The number of methoxy groups -OCH3 is 1. The summed E-state index contributed by atoms with van der Waals surface area (Å²) in [5.41, 5.74) is 2.13. The molecular weight excluding hydrogens is 520 g/mol. The van der Waals surface area contributed by atoms with Gasteiger partial charge in [-0.25, -0.2) is 8.42 Å². The zero-order chi connectivity index (χ0) is 24.0. The number of nitrogens with zero attached hydrogens (tertiary/aromatic N) is 2. The van der Waals surface area contributed by atoms with E-state index in [0.717, 1.165) is 49.9 Å². The Hall–Kier alpha value is -1.75. The van der Waals surface area contributed by atoms with Crippen LogP contribution in [-0.4, -0.2) is 70.4 Å². The van der Waals surface area contributed by atoms with E-state index in [2.05, 4.69) is 26.9 Å². The van der Waals surface area contributed by atoms with Gasteiger partial charge in [-0.2, -0.15) is 4.31 Å². The molecule has 0 N–H and O–H groups in total. The maximum absolute atomic E-state index is 13.6. The molecule has 0 unspecified atom stereocenters. The van der Waals surface area contributed by atoms with E-state index >= 15 is 0 Å². The second-order valence-corrected chi connectivity index (χ2v) is 11.1. The number of ether oxygens (including phenoxy) is 2. The molecule has 1 aromatic heterocycles. The summed E-state index contributed by atoms with van der Waals surface area (Å²) in [7, 11) is -2.12. The SMILES string of the molecule is COCCOCN(C1CCN(CCc2coc3ccccc23)CC1)S(=O)(=O)c1ccccc1Br. The molecule has 4 rings (SSSR count). The van der Waals surface area contributed by atoms with Gasteiger partial charge in [-0.1, -0.05) is 30.3 Å². The fourth-order valence-electron chi connectivity index (χ4n) is 4.38. The largest absolute Gasteiger partial charge is 0.464 e. The summed E-state index contributed by atoms with van der Waals surface area (Å²) in [5.74, 6) is 0. The van der Waals surface area contributed by atoms with Gasteiger partial charge in [0, 0.05) is 29.6 Å². The molecule has 2 heterocycles. The minimum Gasteiger partial charge on any atom is -0.464 e. The zero-order valence-electron chi connectivity index (χ0n) is 19.4. The number of rotatable bonds is 11. The third-order valence-electron chi connectivity index (χ3n) is 6.30. The van der Waals surface area contributed by atoms with Gasteiger partial charge < -0.3 is 18.8 Å². The lowest BCUT2D eigenvalue weighted by Gasteiger charge is -2.37. The van der Waals surface area contributed by atoms with E-state index in [1.54, 1.807) is 25.3 Å². The van der Waals surface area contributed by atoms with Crippen molar-refractivity contribution in [2.45, 2.75) is 30.2 Å². The molecule has 0 atom stereocenters. The summed E-state index contributed by atoms with van der Waals surface area (Å²) >= 11 is 3.40. The van der Waals surface area contributed by atoms with E-state index in [0.29, 0.717) is 17.7 Å². The van der Waals surface area contributed by atoms with Crippen molar-refractivity contribution in [1.29, 1.82) is 0 Å². The number of hydrogen-bond donors (Lipinski definition) is 0. The predicted molar refractivity (Wildman–Crippen MR) is 135 cm³/mol. The van der Waals surface area contributed by atoms with E-state index in [1.165, 1.54) is 9.87 Å². The smallest absolute Gasteiger partial charge is 0.246 e. The van der Waals surface area contributed by atoms with Crippen LogP contribution in [0.25, 0.3) is 11.0 Å². The van der Waals surface area contributed by atoms with Gasteiger partial charge in [0.1, 0.15) is 12.3 Å². The van der Waals surface area contributed by atoms with Crippen molar-refractivity contribution in [2.24, 2.45) is 0 Å². The van der Waals surface area contributed by atoms with Crippen LogP contribution in [0.5, 0.6) is 0 Å². The lowest BCUT2D eigenvalue weighted by atomic mass is 10.0. The minimum atomic E-state index is -3.72. The van der Waals surface area contributed by atoms with Crippen LogP contribution in [-0.2, 0) is 25.9 Å². The second kappa shape index (κ2) is 11.8. The van der Waals surface area contributed by atoms with E-state index in [4.69, 9.17) is 13.9 Å². The molecule has 1 fully saturated rings. The molecule has 7 nitrogen and oxygen atoms in total. The van der Waals surface area contributed by atoms with Crippen molar-refractivity contribution in [3.8, 4) is 0 Å². The fraction of sp³-hybridized carbons (Fsp3) is 0.440. The summed E-state index contributed by atoms with van der Waals surface area (Å²) in [4.78, 5) is 2.66. The number of likely N-dealkylation sites (tertiary alicyclic amines) is 1.